The number of amides is 1. The number of nitrogens with zero attached hydrogens (tertiary/aromatic N) is 3. The second kappa shape index (κ2) is 5.96. The first kappa shape index (κ1) is 13.0. The minimum Gasteiger partial charge on any atom is -0.412 e. The normalized spacial score (nSPS) is 10.3. The maximum absolute atomic E-state index is 11.9. The molecule has 0 atom stereocenters. The van der Waals surface area contributed by atoms with Gasteiger partial charge < -0.3 is 9.73 Å². The average molecular weight is 280 g/mol. The summed E-state index contributed by atoms with van der Waals surface area (Å²) in [7, 11) is 0. The number of hydrogen-bond donors (Lipinski definition) is 1. The van der Waals surface area contributed by atoms with E-state index in [1.807, 2.05) is 42.5 Å². The van der Waals surface area contributed by atoms with E-state index in [-0.39, 0.29) is 5.89 Å². The lowest BCUT2D eigenvalue weighted by Crippen LogP contribution is -2.23. The van der Waals surface area contributed by atoms with Gasteiger partial charge in [0.25, 0.3) is 0 Å². The van der Waals surface area contributed by atoms with E-state index < -0.39 is 5.91 Å². The second-order valence-electron chi connectivity index (χ2n) is 4.32. The summed E-state index contributed by atoms with van der Waals surface area (Å²) in [6, 6.07) is 13.0. The molecule has 0 aliphatic heterocycles. The zero-order valence-electron chi connectivity index (χ0n) is 11.1. The minimum absolute atomic E-state index is 0.0576. The molecule has 6 nitrogen and oxygen atoms in total. The minimum atomic E-state index is -0.409. The first-order chi connectivity index (χ1) is 10.3. The standard InChI is InChI=1S/C15H12N4O2/c20-13(17-10-11-5-4-8-16-9-11)15-19-18-14(21-15)12-6-2-1-3-7-12/h1-9H,10H2,(H,17,20). The van der Waals surface area contributed by atoms with Crippen molar-refractivity contribution < 1.29 is 9.21 Å². The van der Waals surface area contributed by atoms with Gasteiger partial charge in [0.2, 0.25) is 5.89 Å². The van der Waals surface area contributed by atoms with Crippen molar-refractivity contribution in [1.29, 1.82) is 0 Å². The molecule has 2 heterocycles. The highest BCUT2D eigenvalue weighted by Crippen LogP contribution is 2.16. The van der Waals surface area contributed by atoms with Gasteiger partial charge in [-0.15, -0.1) is 10.2 Å². The van der Waals surface area contributed by atoms with Gasteiger partial charge in [-0.3, -0.25) is 9.78 Å². The van der Waals surface area contributed by atoms with Crippen LogP contribution in [0.2, 0.25) is 0 Å². The van der Waals surface area contributed by atoms with Gasteiger partial charge in [-0.05, 0) is 23.8 Å². The predicted octanol–water partition coefficient (Wildman–Crippen LogP) is 2.06. The Labute approximate surface area is 120 Å². The van der Waals surface area contributed by atoms with Crippen LogP contribution in [-0.4, -0.2) is 21.1 Å². The molecule has 0 aliphatic rings. The van der Waals surface area contributed by atoms with Crippen LogP contribution in [0.5, 0.6) is 0 Å². The van der Waals surface area contributed by atoms with Crippen molar-refractivity contribution in [2.24, 2.45) is 0 Å². The Kier molecular flexibility index (Phi) is 3.68. The van der Waals surface area contributed by atoms with Crippen LogP contribution in [0.25, 0.3) is 11.5 Å². The third-order valence-corrected chi connectivity index (χ3v) is 2.82. The van der Waals surface area contributed by atoms with Crippen LogP contribution >= 0.6 is 0 Å². The van der Waals surface area contributed by atoms with E-state index in [9.17, 15) is 4.79 Å². The summed E-state index contributed by atoms with van der Waals surface area (Å²) in [5, 5.41) is 10.3. The summed E-state index contributed by atoms with van der Waals surface area (Å²) < 4.78 is 5.37. The summed E-state index contributed by atoms with van der Waals surface area (Å²) in [4.78, 5) is 15.9. The van der Waals surface area contributed by atoms with Crippen LogP contribution < -0.4 is 5.32 Å². The second-order valence-corrected chi connectivity index (χ2v) is 4.32. The molecule has 0 aliphatic carbocycles. The molecule has 6 heteroatoms. The number of nitrogens with one attached hydrogen (secondary N) is 1. The molecule has 0 radical (unpaired) electrons. The van der Waals surface area contributed by atoms with Crippen molar-refractivity contribution in [3.63, 3.8) is 0 Å². The van der Waals surface area contributed by atoms with Crippen molar-refractivity contribution in [3.8, 4) is 11.5 Å². The van der Waals surface area contributed by atoms with Crippen LogP contribution in [0.15, 0.2) is 59.3 Å². The summed E-state index contributed by atoms with van der Waals surface area (Å²) in [6.07, 6.45) is 3.36. The largest absolute Gasteiger partial charge is 0.412 e. The first-order valence-electron chi connectivity index (χ1n) is 6.39. The van der Waals surface area contributed by atoms with Crippen molar-refractivity contribution in [2.75, 3.05) is 0 Å². The first-order valence-corrected chi connectivity index (χ1v) is 6.39. The molecule has 0 saturated heterocycles. The molecular weight excluding hydrogens is 268 g/mol. The van der Waals surface area contributed by atoms with Crippen molar-refractivity contribution in [3.05, 3.63) is 66.3 Å². The van der Waals surface area contributed by atoms with Gasteiger partial charge in [0.05, 0.1) is 0 Å². The van der Waals surface area contributed by atoms with Gasteiger partial charge in [-0.25, -0.2) is 0 Å². The molecule has 1 amide bonds. The van der Waals surface area contributed by atoms with Crippen LogP contribution in [0, 0.1) is 0 Å². The maximum Gasteiger partial charge on any atom is 0.309 e. The van der Waals surface area contributed by atoms with Crippen LogP contribution in [0.1, 0.15) is 16.2 Å². The fourth-order valence-corrected chi connectivity index (χ4v) is 1.77. The average Bonchev–Trinajstić information content (AvgIpc) is 3.04. The fraction of sp³-hybridized carbons (Fsp3) is 0.0667. The van der Waals surface area contributed by atoms with Crippen LogP contribution in [0.3, 0.4) is 0 Å². The van der Waals surface area contributed by atoms with E-state index in [2.05, 4.69) is 20.5 Å². The zero-order valence-corrected chi connectivity index (χ0v) is 11.1. The highest BCUT2D eigenvalue weighted by molar-refractivity contribution is 5.89. The highest BCUT2D eigenvalue weighted by Gasteiger charge is 2.15. The molecule has 0 spiro atoms. The smallest absolute Gasteiger partial charge is 0.309 e. The van der Waals surface area contributed by atoms with Gasteiger partial charge >= 0.3 is 11.8 Å². The number of benzene rings is 1. The lowest BCUT2D eigenvalue weighted by atomic mass is 10.2. The summed E-state index contributed by atoms with van der Waals surface area (Å²) in [5.74, 6) is -0.145. The molecule has 0 saturated carbocycles. The van der Waals surface area contributed by atoms with Gasteiger partial charge in [-0.1, -0.05) is 24.3 Å². The Bertz CT molecular complexity index is 726. The van der Waals surface area contributed by atoms with Crippen LogP contribution in [-0.2, 0) is 6.54 Å². The zero-order chi connectivity index (χ0) is 14.5. The number of aromatic nitrogens is 3. The molecule has 0 unspecified atom stereocenters. The molecule has 2 aromatic heterocycles. The van der Waals surface area contributed by atoms with Crippen molar-refractivity contribution >= 4 is 5.91 Å². The van der Waals surface area contributed by atoms with Gasteiger partial charge in [-0.2, -0.15) is 0 Å². The number of hydrogen-bond acceptors (Lipinski definition) is 5. The van der Waals surface area contributed by atoms with Crippen LogP contribution in [0.4, 0.5) is 0 Å². The summed E-state index contributed by atoms with van der Waals surface area (Å²) in [5.41, 5.74) is 1.67. The summed E-state index contributed by atoms with van der Waals surface area (Å²) in [6.45, 7) is 0.357. The molecule has 0 fully saturated rings. The lowest BCUT2D eigenvalue weighted by molar-refractivity contribution is 0.0917. The molecule has 104 valence electrons. The van der Waals surface area contributed by atoms with Crippen molar-refractivity contribution in [2.45, 2.75) is 6.54 Å². The SMILES string of the molecule is O=C(NCc1cccnc1)c1nnc(-c2ccccc2)o1. The Morgan fingerprint density at radius 2 is 1.95 bits per heavy atom. The van der Waals surface area contributed by atoms with E-state index in [0.717, 1.165) is 11.1 Å². The van der Waals surface area contributed by atoms with E-state index in [0.29, 0.717) is 12.4 Å². The number of pyridine rings is 1. The van der Waals surface area contributed by atoms with E-state index >= 15 is 0 Å². The Hall–Kier alpha value is -3.02. The number of carbonyl (C=O) groups excluding carboxylic acids is 1. The Morgan fingerprint density at radius 3 is 2.71 bits per heavy atom. The Balaban J connectivity index is 1.67. The van der Waals surface area contributed by atoms with E-state index in [1.54, 1.807) is 12.4 Å². The van der Waals surface area contributed by atoms with Crippen molar-refractivity contribution in [1.82, 2.24) is 20.5 Å². The molecule has 1 N–H and O–H groups in total. The van der Waals surface area contributed by atoms with Gasteiger partial charge in [0.15, 0.2) is 0 Å². The van der Waals surface area contributed by atoms with Gasteiger partial charge in [0.1, 0.15) is 0 Å². The number of rotatable bonds is 4. The fourth-order valence-electron chi connectivity index (χ4n) is 1.77. The molecule has 1 aromatic carbocycles. The highest BCUT2D eigenvalue weighted by atomic mass is 16.4. The predicted molar refractivity (Wildman–Crippen MR) is 75.1 cm³/mol. The third-order valence-electron chi connectivity index (χ3n) is 2.82. The molecule has 21 heavy (non-hydrogen) atoms. The maximum atomic E-state index is 11.9. The van der Waals surface area contributed by atoms with E-state index in [4.69, 9.17) is 4.42 Å². The lowest BCUT2D eigenvalue weighted by Gasteiger charge is -2.01. The monoisotopic (exact) mass is 280 g/mol. The molecule has 0 bridgehead atoms. The molecule has 3 aromatic rings. The number of carbonyl (C=O) groups is 1. The topological polar surface area (TPSA) is 80.9 Å². The Morgan fingerprint density at radius 1 is 1.10 bits per heavy atom. The van der Waals surface area contributed by atoms with Gasteiger partial charge in [0, 0.05) is 24.5 Å². The van der Waals surface area contributed by atoms with E-state index in [1.165, 1.54) is 0 Å². The third kappa shape index (κ3) is 3.11. The molecule has 3 rings (SSSR count). The quantitative estimate of drug-likeness (QED) is 0.791. The molecular formula is C15H12N4O2. The summed E-state index contributed by atoms with van der Waals surface area (Å²) >= 11 is 0.